The Labute approximate surface area is 138 Å². The molecule has 2 radical (unpaired) electrons. The van der Waals surface area contributed by atoms with E-state index in [4.69, 9.17) is 0 Å². The van der Waals surface area contributed by atoms with Gasteiger partial charge in [-0.3, -0.25) is 0 Å². The van der Waals surface area contributed by atoms with Crippen LogP contribution in [0.4, 0.5) is 0 Å². The van der Waals surface area contributed by atoms with Crippen LogP contribution in [0.3, 0.4) is 0 Å². The molecule has 3 unspecified atom stereocenters. The van der Waals surface area contributed by atoms with Gasteiger partial charge < -0.3 is 5.11 Å². The summed E-state index contributed by atoms with van der Waals surface area (Å²) in [6.07, 6.45) is 12.7. The summed E-state index contributed by atoms with van der Waals surface area (Å²) in [5, 5.41) is 9.22. The van der Waals surface area contributed by atoms with E-state index >= 15 is 0 Å². The molecule has 20 heavy (non-hydrogen) atoms. The van der Waals surface area contributed by atoms with Crippen molar-refractivity contribution < 1.29 is 24.6 Å². The van der Waals surface area contributed by atoms with Crippen LogP contribution in [0.2, 0.25) is 0 Å². The average molecular weight is 364 g/mol. The first-order chi connectivity index (χ1) is 9.13. The third kappa shape index (κ3) is 3.02. The van der Waals surface area contributed by atoms with Crippen molar-refractivity contribution in [1.29, 1.82) is 0 Å². The van der Waals surface area contributed by atoms with Crippen molar-refractivity contribution in [3.63, 3.8) is 0 Å². The third-order valence-electron chi connectivity index (χ3n) is 6.39. The summed E-state index contributed by atoms with van der Waals surface area (Å²) in [5.74, 6) is 5.85. The Morgan fingerprint density at radius 3 is 2.10 bits per heavy atom. The van der Waals surface area contributed by atoms with Gasteiger partial charge in [-0.05, 0) is 60.7 Å². The predicted octanol–water partition coefficient (Wildman–Crippen LogP) is 4.55. The Morgan fingerprint density at radius 2 is 1.60 bits per heavy atom. The minimum atomic E-state index is 0. The van der Waals surface area contributed by atoms with Crippen LogP contribution in [-0.2, 0) is 19.5 Å². The molecule has 5 rings (SSSR count). The van der Waals surface area contributed by atoms with Gasteiger partial charge in [-0.2, -0.15) is 0 Å². The molecule has 0 saturated heterocycles. The molecule has 5 saturated carbocycles. The maximum atomic E-state index is 9.22. The zero-order valence-electron chi connectivity index (χ0n) is 13.1. The first kappa shape index (κ1) is 16.9. The topological polar surface area (TPSA) is 20.2 Å². The van der Waals surface area contributed by atoms with Gasteiger partial charge in [0.25, 0.3) is 0 Å². The fourth-order valence-electron chi connectivity index (χ4n) is 4.87. The summed E-state index contributed by atoms with van der Waals surface area (Å²) in [6.45, 7) is 5.26. The largest absolute Gasteiger partial charge is 0.396 e. The SMILES string of the molecule is C1CCCC1.CC1(C)C2C[C]3CC(CO)C[C]3C1C2.[Ru]. The van der Waals surface area contributed by atoms with Gasteiger partial charge in [-0.15, -0.1) is 0 Å². The van der Waals surface area contributed by atoms with Crippen LogP contribution in [-0.4, -0.2) is 11.7 Å². The van der Waals surface area contributed by atoms with Gasteiger partial charge in [0, 0.05) is 26.1 Å². The Balaban J connectivity index is 0.000000210. The number of aliphatic hydroxyl groups excluding tert-OH is 1. The van der Waals surface area contributed by atoms with Crippen LogP contribution in [0.15, 0.2) is 0 Å². The smallest absolute Gasteiger partial charge is 0.0459 e. The summed E-state index contributed by atoms with van der Waals surface area (Å²) in [5.41, 5.74) is 0.573. The summed E-state index contributed by atoms with van der Waals surface area (Å²) in [7, 11) is 0. The van der Waals surface area contributed by atoms with Crippen molar-refractivity contribution in [2.75, 3.05) is 6.61 Å². The summed E-state index contributed by atoms with van der Waals surface area (Å²) < 4.78 is 0. The zero-order chi connectivity index (χ0) is 13.5. The quantitative estimate of drug-likeness (QED) is 0.678. The van der Waals surface area contributed by atoms with Crippen molar-refractivity contribution in [2.24, 2.45) is 23.2 Å². The van der Waals surface area contributed by atoms with Crippen molar-refractivity contribution in [2.45, 2.75) is 71.6 Å². The molecular formula is C18H30ORu. The molecule has 2 bridgehead atoms. The molecule has 5 fully saturated rings. The molecular weight excluding hydrogens is 333 g/mol. The van der Waals surface area contributed by atoms with Gasteiger partial charge in [-0.1, -0.05) is 46.0 Å². The Bertz CT molecular complexity index is 303. The van der Waals surface area contributed by atoms with Gasteiger partial charge in [0.2, 0.25) is 0 Å². The standard InChI is InChI=1S/C13H20O.C5H10.Ru/c1-13(2)10-5-9-3-8(7-14)4-11(9)12(13)6-10;1-2-4-5-3-1;/h8,10,12,14H,3-7H2,1-2H3;1-5H2;. The fourth-order valence-corrected chi connectivity index (χ4v) is 4.87. The van der Waals surface area contributed by atoms with Gasteiger partial charge in [0.15, 0.2) is 0 Å². The first-order valence-electron chi connectivity index (χ1n) is 8.44. The van der Waals surface area contributed by atoms with Gasteiger partial charge in [-0.25, -0.2) is 0 Å². The van der Waals surface area contributed by atoms with Crippen LogP contribution in [0.5, 0.6) is 0 Å². The normalized spacial score (nSPS) is 38.2. The third-order valence-corrected chi connectivity index (χ3v) is 6.39. The molecule has 0 aromatic rings. The van der Waals surface area contributed by atoms with Crippen LogP contribution in [0, 0.1) is 35.0 Å². The van der Waals surface area contributed by atoms with E-state index in [1.165, 1.54) is 57.8 Å². The predicted molar refractivity (Wildman–Crippen MR) is 79.4 cm³/mol. The van der Waals surface area contributed by atoms with Crippen LogP contribution in [0.25, 0.3) is 0 Å². The second kappa shape index (κ2) is 6.78. The molecule has 0 spiro atoms. The number of hydrogen-bond acceptors (Lipinski definition) is 1. The molecule has 0 amide bonds. The maximum Gasteiger partial charge on any atom is 0.0459 e. The molecule has 0 aliphatic heterocycles. The monoisotopic (exact) mass is 364 g/mol. The second-order valence-electron chi connectivity index (χ2n) is 7.86. The van der Waals surface area contributed by atoms with E-state index in [9.17, 15) is 5.11 Å². The van der Waals surface area contributed by atoms with Crippen LogP contribution in [0.1, 0.15) is 71.6 Å². The molecule has 1 nitrogen and oxygen atoms in total. The number of aliphatic hydroxyl groups is 1. The second-order valence-corrected chi connectivity index (χ2v) is 7.86. The van der Waals surface area contributed by atoms with Gasteiger partial charge in [0.1, 0.15) is 0 Å². The van der Waals surface area contributed by atoms with Gasteiger partial charge in [0.05, 0.1) is 0 Å². The van der Waals surface area contributed by atoms with E-state index in [1.54, 1.807) is 11.8 Å². The molecule has 3 atom stereocenters. The summed E-state index contributed by atoms with van der Waals surface area (Å²) >= 11 is 0. The first-order valence-corrected chi connectivity index (χ1v) is 8.44. The van der Waals surface area contributed by atoms with E-state index < -0.39 is 0 Å². The molecule has 5 aliphatic rings. The Morgan fingerprint density at radius 1 is 1.00 bits per heavy atom. The van der Waals surface area contributed by atoms with E-state index in [1.807, 2.05) is 0 Å². The molecule has 116 valence electrons. The molecule has 2 heteroatoms. The van der Waals surface area contributed by atoms with Crippen molar-refractivity contribution in [1.82, 2.24) is 0 Å². The van der Waals surface area contributed by atoms with E-state index in [0.717, 1.165) is 11.8 Å². The molecule has 0 aromatic heterocycles. The fraction of sp³-hybridized carbons (Fsp3) is 0.889. The zero-order valence-corrected chi connectivity index (χ0v) is 14.8. The summed E-state index contributed by atoms with van der Waals surface area (Å²) in [6, 6.07) is 0. The Hall–Kier alpha value is 0.583. The van der Waals surface area contributed by atoms with E-state index in [-0.39, 0.29) is 19.5 Å². The minimum absolute atomic E-state index is 0. The van der Waals surface area contributed by atoms with Gasteiger partial charge >= 0.3 is 0 Å². The molecule has 5 aliphatic carbocycles. The average Bonchev–Trinajstić information content (AvgIpc) is 3.09. The minimum Gasteiger partial charge on any atom is -0.396 e. The van der Waals surface area contributed by atoms with Crippen LogP contribution >= 0.6 is 0 Å². The van der Waals surface area contributed by atoms with Crippen molar-refractivity contribution in [3.8, 4) is 0 Å². The van der Waals surface area contributed by atoms with E-state index in [2.05, 4.69) is 13.8 Å². The van der Waals surface area contributed by atoms with Crippen LogP contribution < -0.4 is 0 Å². The number of hydrogen-bond donors (Lipinski definition) is 1. The van der Waals surface area contributed by atoms with Crippen molar-refractivity contribution >= 4 is 0 Å². The summed E-state index contributed by atoms with van der Waals surface area (Å²) in [4.78, 5) is 0. The molecule has 1 N–H and O–H groups in total. The molecule has 0 aromatic carbocycles. The Kier molecular flexibility index (Phi) is 5.74. The maximum absolute atomic E-state index is 9.22. The number of rotatable bonds is 1. The van der Waals surface area contributed by atoms with Crippen molar-refractivity contribution in [3.05, 3.63) is 11.8 Å². The van der Waals surface area contributed by atoms with E-state index in [0.29, 0.717) is 17.9 Å². The molecule has 0 heterocycles.